The third kappa shape index (κ3) is 4.05. The number of nitrogens with one attached hydrogen (secondary N) is 1. The Morgan fingerprint density at radius 1 is 1.43 bits per heavy atom. The van der Waals surface area contributed by atoms with Gasteiger partial charge in [0.1, 0.15) is 4.21 Å². The molecule has 0 saturated carbocycles. The van der Waals surface area contributed by atoms with Crippen molar-refractivity contribution in [2.75, 3.05) is 13.1 Å². The molecule has 1 aromatic rings. The number of rotatable bonds is 5. The van der Waals surface area contributed by atoms with Crippen LogP contribution in [0.3, 0.4) is 0 Å². The van der Waals surface area contributed by atoms with Crippen molar-refractivity contribution in [2.24, 2.45) is 0 Å². The Hall–Kier alpha value is -0.920. The summed E-state index contributed by atoms with van der Waals surface area (Å²) in [6.45, 7) is 4.50. The summed E-state index contributed by atoms with van der Waals surface area (Å²) in [6.07, 6.45) is 4.07. The molecule has 1 saturated heterocycles. The van der Waals surface area contributed by atoms with Crippen LogP contribution in [0.2, 0.25) is 0 Å². The molecule has 1 aliphatic rings. The lowest BCUT2D eigenvalue weighted by Gasteiger charge is -2.35. The Balaban J connectivity index is 1.97. The summed E-state index contributed by atoms with van der Waals surface area (Å²) >= 11 is 1.21. The van der Waals surface area contributed by atoms with Crippen molar-refractivity contribution < 1.29 is 13.2 Å². The summed E-state index contributed by atoms with van der Waals surface area (Å²) < 4.78 is 26.9. The fourth-order valence-corrected chi connectivity index (χ4v) is 4.94. The predicted octanol–water partition coefficient (Wildman–Crippen LogP) is 2.13. The van der Waals surface area contributed by atoms with Crippen molar-refractivity contribution in [1.82, 2.24) is 9.62 Å². The second kappa shape index (κ2) is 6.89. The average Bonchev–Trinajstić information content (AvgIpc) is 2.92. The van der Waals surface area contributed by atoms with E-state index in [0.717, 1.165) is 37.1 Å². The molecule has 5 nitrogen and oxygen atoms in total. The van der Waals surface area contributed by atoms with Gasteiger partial charge in [-0.3, -0.25) is 4.79 Å². The summed E-state index contributed by atoms with van der Waals surface area (Å²) in [6, 6.07) is 3.58. The summed E-state index contributed by atoms with van der Waals surface area (Å²) in [4.78, 5) is 15.0. The van der Waals surface area contributed by atoms with E-state index in [4.69, 9.17) is 0 Å². The number of hydrogen-bond donors (Lipinski definition) is 1. The first-order valence-corrected chi connectivity index (χ1v) is 9.59. The van der Waals surface area contributed by atoms with E-state index in [9.17, 15) is 13.2 Å². The number of hydrogen-bond acceptors (Lipinski definition) is 4. The van der Waals surface area contributed by atoms with Crippen molar-refractivity contribution in [2.45, 2.75) is 49.8 Å². The topological polar surface area (TPSA) is 66.5 Å². The number of sulfonamides is 1. The molecule has 1 N–H and O–H groups in total. The monoisotopic (exact) mass is 330 g/mol. The van der Waals surface area contributed by atoms with Gasteiger partial charge in [0, 0.05) is 17.5 Å². The zero-order valence-electron chi connectivity index (χ0n) is 12.5. The average molecular weight is 330 g/mol. The van der Waals surface area contributed by atoms with Gasteiger partial charge in [0.05, 0.1) is 6.54 Å². The van der Waals surface area contributed by atoms with Gasteiger partial charge in [0.15, 0.2) is 0 Å². The molecule has 118 valence electrons. The molecule has 2 heterocycles. The lowest BCUT2D eigenvalue weighted by Crippen LogP contribution is -2.47. The predicted molar refractivity (Wildman–Crippen MR) is 83.9 cm³/mol. The van der Waals surface area contributed by atoms with Crippen LogP contribution in [0.1, 0.15) is 37.5 Å². The van der Waals surface area contributed by atoms with Crippen molar-refractivity contribution in [3.8, 4) is 0 Å². The molecule has 0 spiro atoms. The number of likely N-dealkylation sites (tertiary alicyclic amines) is 1. The maximum atomic E-state index is 12.3. The first-order valence-electron chi connectivity index (χ1n) is 7.29. The minimum atomic E-state index is -3.58. The van der Waals surface area contributed by atoms with Crippen molar-refractivity contribution in [3.63, 3.8) is 0 Å². The number of piperidine rings is 1. The zero-order chi connectivity index (χ0) is 15.5. The summed E-state index contributed by atoms with van der Waals surface area (Å²) in [7, 11) is -3.58. The van der Waals surface area contributed by atoms with E-state index in [2.05, 4.69) is 11.6 Å². The van der Waals surface area contributed by atoms with E-state index >= 15 is 0 Å². The second-order valence-corrected chi connectivity index (χ2v) is 8.62. The molecule has 0 radical (unpaired) electrons. The number of nitrogens with zero attached hydrogens (tertiary/aromatic N) is 1. The third-order valence-corrected chi connectivity index (χ3v) is 6.71. The normalized spacial score (nSPS) is 19.7. The van der Waals surface area contributed by atoms with E-state index in [1.165, 1.54) is 11.3 Å². The molecule has 21 heavy (non-hydrogen) atoms. The van der Waals surface area contributed by atoms with Crippen LogP contribution in [0.4, 0.5) is 0 Å². The van der Waals surface area contributed by atoms with Crippen LogP contribution >= 0.6 is 11.3 Å². The van der Waals surface area contributed by atoms with Crippen LogP contribution in [0.25, 0.3) is 0 Å². The van der Waals surface area contributed by atoms with E-state index in [0.29, 0.717) is 0 Å². The SMILES string of the molecule is CCC1CCCCN1C(=O)CNS(=O)(=O)c1ccc(C)s1. The van der Waals surface area contributed by atoms with Gasteiger partial charge < -0.3 is 4.90 Å². The van der Waals surface area contributed by atoms with Crippen molar-refractivity contribution in [1.29, 1.82) is 0 Å². The molecule has 1 atom stereocenters. The second-order valence-electron chi connectivity index (χ2n) is 5.33. The number of thiophene rings is 1. The van der Waals surface area contributed by atoms with E-state index in [-0.39, 0.29) is 22.7 Å². The molecule has 1 unspecified atom stereocenters. The summed E-state index contributed by atoms with van der Waals surface area (Å²) in [5, 5.41) is 0. The van der Waals surface area contributed by atoms with Gasteiger partial charge in [-0.15, -0.1) is 11.3 Å². The minimum Gasteiger partial charge on any atom is -0.339 e. The van der Waals surface area contributed by atoms with Crippen LogP contribution in [0, 0.1) is 6.92 Å². The third-order valence-electron chi connectivity index (χ3n) is 3.81. The van der Waals surface area contributed by atoms with Gasteiger partial charge in [0.25, 0.3) is 10.0 Å². The highest BCUT2D eigenvalue weighted by atomic mass is 32.2. The van der Waals surface area contributed by atoms with Gasteiger partial charge in [-0.05, 0) is 44.7 Å². The number of carbonyl (C=O) groups is 1. The quantitative estimate of drug-likeness (QED) is 0.899. The fourth-order valence-electron chi connectivity index (χ4n) is 2.64. The minimum absolute atomic E-state index is 0.126. The summed E-state index contributed by atoms with van der Waals surface area (Å²) in [5.41, 5.74) is 0. The largest absolute Gasteiger partial charge is 0.339 e. The van der Waals surface area contributed by atoms with E-state index < -0.39 is 10.0 Å². The van der Waals surface area contributed by atoms with Gasteiger partial charge in [-0.2, -0.15) is 0 Å². The Morgan fingerprint density at radius 2 is 2.19 bits per heavy atom. The highest BCUT2D eigenvalue weighted by Gasteiger charge is 2.26. The molecule has 0 aromatic carbocycles. The molecule has 1 amide bonds. The lowest BCUT2D eigenvalue weighted by atomic mass is 10.00. The Morgan fingerprint density at radius 3 is 2.81 bits per heavy atom. The van der Waals surface area contributed by atoms with Crippen LogP contribution in [0.15, 0.2) is 16.3 Å². The maximum absolute atomic E-state index is 12.3. The summed E-state index contributed by atoms with van der Waals surface area (Å²) in [5.74, 6) is -0.126. The molecule has 2 rings (SSSR count). The van der Waals surface area contributed by atoms with Gasteiger partial charge in [0.2, 0.25) is 5.91 Å². The van der Waals surface area contributed by atoms with E-state index in [1.54, 1.807) is 12.1 Å². The van der Waals surface area contributed by atoms with Gasteiger partial charge in [-0.25, -0.2) is 13.1 Å². The van der Waals surface area contributed by atoms with Crippen LogP contribution in [-0.4, -0.2) is 38.4 Å². The first-order chi connectivity index (χ1) is 9.94. The maximum Gasteiger partial charge on any atom is 0.250 e. The molecule has 0 aliphatic carbocycles. The van der Waals surface area contributed by atoms with Gasteiger partial charge in [-0.1, -0.05) is 6.92 Å². The molecule has 1 fully saturated rings. The standard InChI is InChI=1S/C14H22N2O3S2/c1-3-12-6-4-5-9-16(12)13(17)10-15-21(18,19)14-8-7-11(2)20-14/h7-8,12,15H,3-6,9-10H2,1-2H3. The molecule has 1 aromatic heterocycles. The Bertz CT molecular complexity index is 595. The highest BCUT2D eigenvalue weighted by molar-refractivity contribution is 7.91. The first kappa shape index (κ1) is 16.5. The fraction of sp³-hybridized carbons (Fsp3) is 0.643. The lowest BCUT2D eigenvalue weighted by molar-refractivity contribution is -0.133. The van der Waals surface area contributed by atoms with E-state index in [1.807, 2.05) is 11.8 Å². The Labute approximate surface area is 130 Å². The zero-order valence-corrected chi connectivity index (χ0v) is 14.1. The molecule has 1 aliphatic heterocycles. The van der Waals surface area contributed by atoms with Gasteiger partial charge >= 0.3 is 0 Å². The van der Waals surface area contributed by atoms with Crippen LogP contribution in [0.5, 0.6) is 0 Å². The smallest absolute Gasteiger partial charge is 0.250 e. The Kier molecular flexibility index (Phi) is 5.40. The van der Waals surface area contributed by atoms with Crippen molar-refractivity contribution >= 4 is 27.3 Å². The number of amides is 1. The van der Waals surface area contributed by atoms with Crippen LogP contribution in [-0.2, 0) is 14.8 Å². The molecule has 7 heteroatoms. The van der Waals surface area contributed by atoms with Crippen LogP contribution < -0.4 is 4.72 Å². The number of carbonyl (C=O) groups excluding carboxylic acids is 1. The number of aryl methyl sites for hydroxylation is 1. The molecule has 0 bridgehead atoms. The highest BCUT2D eigenvalue weighted by Crippen LogP contribution is 2.21. The molecular weight excluding hydrogens is 308 g/mol. The van der Waals surface area contributed by atoms with Crippen molar-refractivity contribution in [3.05, 3.63) is 17.0 Å². The molecular formula is C14H22N2O3S2.